The van der Waals surface area contributed by atoms with E-state index >= 15 is 0 Å². The lowest BCUT2D eigenvalue weighted by molar-refractivity contribution is -0.125. The van der Waals surface area contributed by atoms with Crippen LogP contribution in [-0.2, 0) is 4.79 Å². The summed E-state index contributed by atoms with van der Waals surface area (Å²) in [5, 5.41) is 9.74. The first-order chi connectivity index (χ1) is 8.83. The van der Waals surface area contributed by atoms with Gasteiger partial charge in [0.1, 0.15) is 5.82 Å². The number of carbonyl (C=O) groups is 1. The molecule has 0 spiro atoms. The van der Waals surface area contributed by atoms with E-state index in [1.807, 2.05) is 11.8 Å². The van der Waals surface area contributed by atoms with Crippen molar-refractivity contribution in [2.24, 2.45) is 11.1 Å². The minimum absolute atomic E-state index is 0.323. The van der Waals surface area contributed by atoms with E-state index in [0.29, 0.717) is 25.1 Å². The smallest absolute Gasteiger partial charge is 0.225 e. The van der Waals surface area contributed by atoms with Gasteiger partial charge in [-0.3, -0.25) is 4.79 Å². The molecule has 1 fully saturated rings. The molecule has 4 nitrogen and oxygen atoms in total. The number of anilines is 1. The largest absolute Gasteiger partial charge is 0.389 e. The second kappa shape index (κ2) is 4.81. The lowest BCUT2D eigenvalue weighted by Crippen LogP contribution is -2.37. The first kappa shape index (κ1) is 13.8. The van der Waals surface area contributed by atoms with Crippen LogP contribution in [0.2, 0.25) is 0 Å². The number of hydrogen-bond donors (Lipinski definition) is 2. The quantitative estimate of drug-likeness (QED) is 0.873. The van der Waals surface area contributed by atoms with Gasteiger partial charge in [-0.05, 0) is 38.5 Å². The summed E-state index contributed by atoms with van der Waals surface area (Å²) in [6, 6.07) is 4.34. The second-order valence-corrected chi connectivity index (χ2v) is 5.48. The van der Waals surface area contributed by atoms with Crippen molar-refractivity contribution in [3.8, 4) is 0 Å². The molecule has 0 saturated carbocycles. The number of amides is 1. The standard InChI is InChI=1S/C14H19FN2O2/c1-9(18)11-7-10(15)3-4-12(11)17-6-5-14(2,8-17)13(16)19/h3-4,7,9,18H,5-6,8H2,1-2H3,(H2,16,19). The molecule has 0 aliphatic carbocycles. The fraction of sp³-hybridized carbons (Fsp3) is 0.500. The van der Waals surface area contributed by atoms with E-state index in [2.05, 4.69) is 0 Å². The molecule has 1 saturated heterocycles. The van der Waals surface area contributed by atoms with Crippen LogP contribution in [0.3, 0.4) is 0 Å². The van der Waals surface area contributed by atoms with Gasteiger partial charge in [0.2, 0.25) is 5.91 Å². The van der Waals surface area contributed by atoms with Gasteiger partial charge in [0.25, 0.3) is 0 Å². The molecule has 3 N–H and O–H groups in total. The number of hydrogen-bond acceptors (Lipinski definition) is 3. The van der Waals surface area contributed by atoms with Crippen molar-refractivity contribution in [2.75, 3.05) is 18.0 Å². The van der Waals surface area contributed by atoms with Crippen LogP contribution < -0.4 is 10.6 Å². The zero-order valence-corrected chi connectivity index (χ0v) is 11.2. The summed E-state index contributed by atoms with van der Waals surface area (Å²) < 4.78 is 13.3. The van der Waals surface area contributed by atoms with E-state index in [9.17, 15) is 14.3 Å². The number of aliphatic hydroxyl groups excluding tert-OH is 1. The summed E-state index contributed by atoms with van der Waals surface area (Å²) in [4.78, 5) is 13.4. The highest BCUT2D eigenvalue weighted by atomic mass is 19.1. The van der Waals surface area contributed by atoms with Crippen LogP contribution in [0.4, 0.5) is 10.1 Å². The predicted molar refractivity (Wildman–Crippen MR) is 71.2 cm³/mol. The van der Waals surface area contributed by atoms with Gasteiger partial charge in [0, 0.05) is 24.3 Å². The summed E-state index contributed by atoms with van der Waals surface area (Å²) in [6.07, 6.45) is -0.0926. The molecule has 1 aromatic rings. The molecule has 1 aromatic carbocycles. The molecule has 2 atom stereocenters. The topological polar surface area (TPSA) is 66.6 Å². The number of halogens is 1. The molecule has 0 aromatic heterocycles. The van der Waals surface area contributed by atoms with Gasteiger partial charge in [-0.2, -0.15) is 0 Å². The van der Waals surface area contributed by atoms with Crippen molar-refractivity contribution in [3.05, 3.63) is 29.6 Å². The van der Waals surface area contributed by atoms with Gasteiger partial charge in [0.15, 0.2) is 0 Å². The van der Waals surface area contributed by atoms with Crippen LogP contribution in [0.25, 0.3) is 0 Å². The predicted octanol–water partition coefficient (Wildman–Crippen LogP) is 1.58. The average Bonchev–Trinajstić information content (AvgIpc) is 2.73. The molecule has 1 aliphatic heterocycles. The van der Waals surface area contributed by atoms with Gasteiger partial charge < -0.3 is 15.7 Å². The summed E-state index contributed by atoms with van der Waals surface area (Å²) in [5.41, 5.74) is 6.16. The molecular weight excluding hydrogens is 247 g/mol. The van der Waals surface area contributed by atoms with Gasteiger partial charge in [-0.25, -0.2) is 4.39 Å². The molecule has 2 rings (SSSR count). The fourth-order valence-corrected chi connectivity index (χ4v) is 2.52. The van der Waals surface area contributed by atoms with Gasteiger partial charge in [-0.1, -0.05) is 0 Å². The molecule has 0 bridgehead atoms. The SMILES string of the molecule is CC(O)c1cc(F)ccc1N1CCC(C)(C(N)=O)C1. The zero-order chi connectivity index (χ0) is 14.2. The minimum atomic E-state index is -0.758. The molecule has 1 aliphatic rings. The number of nitrogens with two attached hydrogens (primary N) is 1. The van der Waals surface area contributed by atoms with Crippen molar-refractivity contribution >= 4 is 11.6 Å². The van der Waals surface area contributed by atoms with Gasteiger partial charge in [0.05, 0.1) is 11.5 Å². The highest BCUT2D eigenvalue weighted by molar-refractivity contribution is 5.82. The van der Waals surface area contributed by atoms with Crippen LogP contribution in [0.1, 0.15) is 31.9 Å². The highest BCUT2D eigenvalue weighted by Gasteiger charge is 2.39. The monoisotopic (exact) mass is 266 g/mol. The molecule has 5 heteroatoms. The molecule has 1 amide bonds. The van der Waals surface area contributed by atoms with Crippen molar-refractivity contribution in [3.63, 3.8) is 0 Å². The van der Waals surface area contributed by atoms with Crippen LogP contribution >= 0.6 is 0 Å². The summed E-state index contributed by atoms with van der Waals surface area (Å²) in [6.45, 7) is 4.60. The van der Waals surface area contributed by atoms with Crippen LogP contribution in [0, 0.1) is 11.2 Å². The highest BCUT2D eigenvalue weighted by Crippen LogP contribution is 2.36. The van der Waals surface area contributed by atoms with E-state index in [4.69, 9.17) is 5.73 Å². The van der Waals surface area contributed by atoms with E-state index in [0.717, 1.165) is 5.69 Å². The lowest BCUT2D eigenvalue weighted by atomic mass is 9.89. The minimum Gasteiger partial charge on any atom is -0.389 e. The van der Waals surface area contributed by atoms with Crippen molar-refractivity contribution in [1.82, 2.24) is 0 Å². The molecule has 104 valence electrons. The van der Waals surface area contributed by atoms with Crippen molar-refractivity contribution in [1.29, 1.82) is 0 Å². The van der Waals surface area contributed by atoms with E-state index in [1.165, 1.54) is 12.1 Å². The van der Waals surface area contributed by atoms with E-state index in [1.54, 1.807) is 13.0 Å². The third-order valence-electron chi connectivity index (χ3n) is 3.85. The molecule has 19 heavy (non-hydrogen) atoms. The lowest BCUT2D eigenvalue weighted by Gasteiger charge is -2.25. The molecular formula is C14H19FN2O2. The van der Waals surface area contributed by atoms with Crippen LogP contribution in [-0.4, -0.2) is 24.1 Å². The number of carbonyl (C=O) groups excluding carboxylic acids is 1. The van der Waals surface area contributed by atoms with E-state index < -0.39 is 11.5 Å². The number of aliphatic hydroxyl groups is 1. The Labute approximate surface area is 112 Å². The number of benzene rings is 1. The Kier molecular flexibility index (Phi) is 3.49. The first-order valence-electron chi connectivity index (χ1n) is 6.36. The summed E-state index contributed by atoms with van der Waals surface area (Å²) in [7, 11) is 0. The number of nitrogens with zero attached hydrogens (tertiary/aromatic N) is 1. The van der Waals surface area contributed by atoms with Gasteiger partial charge in [-0.15, -0.1) is 0 Å². The Hall–Kier alpha value is -1.62. The maximum Gasteiger partial charge on any atom is 0.225 e. The van der Waals surface area contributed by atoms with Crippen molar-refractivity contribution in [2.45, 2.75) is 26.4 Å². The number of primary amides is 1. The fourth-order valence-electron chi connectivity index (χ4n) is 2.52. The van der Waals surface area contributed by atoms with Crippen molar-refractivity contribution < 1.29 is 14.3 Å². The molecule has 0 radical (unpaired) electrons. The maximum absolute atomic E-state index is 13.3. The Morgan fingerprint density at radius 1 is 1.58 bits per heavy atom. The Bertz CT molecular complexity index is 504. The normalized spacial score (nSPS) is 24.5. The zero-order valence-electron chi connectivity index (χ0n) is 11.2. The third-order valence-corrected chi connectivity index (χ3v) is 3.85. The van der Waals surface area contributed by atoms with Gasteiger partial charge >= 0.3 is 0 Å². The Balaban J connectivity index is 2.32. The second-order valence-electron chi connectivity index (χ2n) is 5.48. The third kappa shape index (κ3) is 2.56. The Morgan fingerprint density at radius 3 is 2.79 bits per heavy atom. The summed E-state index contributed by atoms with van der Waals surface area (Å²) >= 11 is 0. The molecule has 1 heterocycles. The first-order valence-corrected chi connectivity index (χ1v) is 6.36. The molecule has 2 unspecified atom stereocenters. The van der Waals surface area contributed by atoms with E-state index in [-0.39, 0.29) is 11.7 Å². The number of rotatable bonds is 3. The maximum atomic E-state index is 13.3. The van der Waals surface area contributed by atoms with Crippen LogP contribution in [0.5, 0.6) is 0 Å². The average molecular weight is 266 g/mol. The Morgan fingerprint density at radius 2 is 2.26 bits per heavy atom. The van der Waals surface area contributed by atoms with Crippen LogP contribution in [0.15, 0.2) is 18.2 Å². The summed E-state index contributed by atoms with van der Waals surface area (Å²) in [5.74, 6) is -0.702.